The third kappa shape index (κ3) is 4.43. The molecule has 0 radical (unpaired) electrons. The van der Waals surface area contributed by atoms with Gasteiger partial charge in [-0.15, -0.1) is 0 Å². The van der Waals surface area contributed by atoms with Crippen molar-refractivity contribution in [3.8, 4) is 5.75 Å². The molecule has 1 unspecified atom stereocenters. The molecular formula is C17H23NO3. The van der Waals surface area contributed by atoms with Crippen LogP contribution in [0.1, 0.15) is 12.5 Å². The SMILES string of the molecule is COCCOc1ccc2ccccc2c1CNCC(C)O. The maximum atomic E-state index is 9.38. The molecule has 0 fully saturated rings. The Kier molecular flexibility index (Phi) is 5.99. The third-order valence-electron chi connectivity index (χ3n) is 3.28. The first-order valence-electron chi connectivity index (χ1n) is 7.23. The molecule has 4 nitrogen and oxygen atoms in total. The van der Waals surface area contributed by atoms with E-state index in [1.54, 1.807) is 14.0 Å². The smallest absolute Gasteiger partial charge is 0.124 e. The molecule has 0 aliphatic rings. The van der Waals surface area contributed by atoms with Gasteiger partial charge in [-0.3, -0.25) is 0 Å². The molecule has 2 rings (SSSR count). The fraction of sp³-hybridized carbons (Fsp3) is 0.412. The lowest BCUT2D eigenvalue weighted by molar-refractivity contribution is 0.145. The standard InChI is InChI=1S/C17H23NO3/c1-13(19)11-18-12-16-15-6-4-3-5-14(15)7-8-17(16)21-10-9-20-2/h3-8,13,18-19H,9-12H2,1-2H3. The minimum Gasteiger partial charge on any atom is -0.491 e. The van der Waals surface area contributed by atoms with Crippen LogP contribution in [0.5, 0.6) is 5.75 Å². The van der Waals surface area contributed by atoms with Crippen LogP contribution in [0.4, 0.5) is 0 Å². The van der Waals surface area contributed by atoms with Crippen LogP contribution in [0.3, 0.4) is 0 Å². The molecule has 114 valence electrons. The normalized spacial score (nSPS) is 12.5. The minimum absolute atomic E-state index is 0.363. The number of rotatable bonds is 8. The topological polar surface area (TPSA) is 50.7 Å². The fourth-order valence-electron chi connectivity index (χ4n) is 2.27. The summed E-state index contributed by atoms with van der Waals surface area (Å²) in [6.07, 6.45) is -0.363. The maximum Gasteiger partial charge on any atom is 0.124 e. The second kappa shape index (κ2) is 7.98. The number of methoxy groups -OCH3 is 1. The summed E-state index contributed by atoms with van der Waals surface area (Å²) < 4.78 is 10.8. The van der Waals surface area contributed by atoms with Crippen molar-refractivity contribution in [1.29, 1.82) is 0 Å². The van der Waals surface area contributed by atoms with Gasteiger partial charge < -0.3 is 19.9 Å². The zero-order chi connectivity index (χ0) is 15.1. The molecule has 0 amide bonds. The van der Waals surface area contributed by atoms with E-state index >= 15 is 0 Å². The Morgan fingerprint density at radius 1 is 1.14 bits per heavy atom. The molecule has 2 aromatic carbocycles. The van der Waals surface area contributed by atoms with Gasteiger partial charge in [-0.1, -0.05) is 30.3 Å². The molecule has 0 aliphatic heterocycles. The predicted molar refractivity (Wildman–Crippen MR) is 84.7 cm³/mol. The van der Waals surface area contributed by atoms with Gasteiger partial charge in [0, 0.05) is 25.8 Å². The average molecular weight is 289 g/mol. The van der Waals surface area contributed by atoms with Crippen molar-refractivity contribution in [3.05, 3.63) is 42.0 Å². The second-order valence-corrected chi connectivity index (χ2v) is 5.08. The number of hydrogen-bond donors (Lipinski definition) is 2. The lowest BCUT2D eigenvalue weighted by atomic mass is 10.0. The van der Waals surface area contributed by atoms with Gasteiger partial charge in [0.05, 0.1) is 12.7 Å². The van der Waals surface area contributed by atoms with Crippen molar-refractivity contribution in [3.63, 3.8) is 0 Å². The summed E-state index contributed by atoms with van der Waals surface area (Å²) in [6.45, 7) is 4.08. The van der Waals surface area contributed by atoms with E-state index in [1.807, 2.05) is 18.2 Å². The van der Waals surface area contributed by atoms with Crippen LogP contribution in [-0.2, 0) is 11.3 Å². The number of aliphatic hydroxyl groups is 1. The summed E-state index contributed by atoms with van der Waals surface area (Å²) in [5.74, 6) is 0.865. The van der Waals surface area contributed by atoms with Crippen molar-refractivity contribution in [1.82, 2.24) is 5.32 Å². The molecular weight excluding hydrogens is 266 g/mol. The van der Waals surface area contributed by atoms with Gasteiger partial charge in [0.1, 0.15) is 12.4 Å². The summed E-state index contributed by atoms with van der Waals surface area (Å²) in [4.78, 5) is 0. The van der Waals surface area contributed by atoms with Crippen molar-refractivity contribution >= 4 is 10.8 Å². The van der Waals surface area contributed by atoms with Crippen molar-refractivity contribution in [2.45, 2.75) is 19.6 Å². The number of fused-ring (bicyclic) bond motifs is 1. The van der Waals surface area contributed by atoms with Gasteiger partial charge in [-0.25, -0.2) is 0 Å². The Hall–Kier alpha value is -1.62. The second-order valence-electron chi connectivity index (χ2n) is 5.08. The highest BCUT2D eigenvalue weighted by Gasteiger charge is 2.09. The Morgan fingerprint density at radius 2 is 1.95 bits per heavy atom. The van der Waals surface area contributed by atoms with E-state index in [4.69, 9.17) is 9.47 Å². The minimum atomic E-state index is -0.363. The van der Waals surface area contributed by atoms with Gasteiger partial charge in [0.25, 0.3) is 0 Å². The van der Waals surface area contributed by atoms with Crippen molar-refractivity contribution < 1.29 is 14.6 Å². The molecule has 21 heavy (non-hydrogen) atoms. The molecule has 4 heteroatoms. The average Bonchev–Trinajstić information content (AvgIpc) is 2.48. The fourth-order valence-corrected chi connectivity index (χ4v) is 2.27. The van der Waals surface area contributed by atoms with Crippen LogP contribution in [0.15, 0.2) is 36.4 Å². The van der Waals surface area contributed by atoms with E-state index in [9.17, 15) is 5.11 Å². The van der Waals surface area contributed by atoms with E-state index in [1.165, 1.54) is 10.8 Å². The Morgan fingerprint density at radius 3 is 2.71 bits per heavy atom. The number of benzene rings is 2. The molecule has 0 heterocycles. The lowest BCUT2D eigenvalue weighted by Gasteiger charge is -2.15. The van der Waals surface area contributed by atoms with Gasteiger partial charge >= 0.3 is 0 Å². The summed E-state index contributed by atoms with van der Waals surface area (Å²) in [5, 5.41) is 15.0. The van der Waals surface area contributed by atoms with Crippen LogP contribution in [0.2, 0.25) is 0 Å². The van der Waals surface area contributed by atoms with E-state index in [2.05, 4.69) is 23.5 Å². The summed E-state index contributed by atoms with van der Waals surface area (Å²) in [6, 6.07) is 12.3. The first-order valence-corrected chi connectivity index (χ1v) is 7.23. The molecule has 0 spiro atoms. The molecule has 1 atom stereocenters. The van der Waals surface area contributed by atoms with E-state index in [0.29, 0.717) is 26.3 Å². The highest BCUT2D eigenvalue weighted by Crippen LogP contribution is 2.28. The highest BCUT2D eigenvalue weighted by atomic mass is 16.5. The molecule has 0 aromatic heterocycles. The zero-order valence-corrected chi connectivity index (χ0v) is 12.6. The van der Waals surface area contributed by atoms with E-state index in [0.717, 1.165) is 11.3 Å². The molecule has 2 N–H and O–H groups in total. The predicted octanol–water partition coefficient (Wildman–Crippen LogP) is 2.34. The molecule has 0 aliphatic carbocycles. The summed E-state index contributed by atoms with van der Waals surface area (Å²) in [7, 11) is 1.66. The third-order valence-corrected chi connectivity index (χ3v) is 3.28. The lowest BCUT2D eigenvalue weighted by Crippen LogP contribution is -2.24. The Balaban J connectivity index is 2.23. The molecule has 0 saturated carbocycles. The molecule has 0 bridgehead atoms. The number of nitrogens with one attached hydrogen (secondary N) is 1. The Bertz CT molecular complexity index is 569. The number of hydrogen-bond acceptors (Lipinski definition) is 4. The molecule has 0 saturated heterocycles. The van der Waals surface area contributed by atoms with Crippen LogP contribution >= 0.6 is 0 Å². The van der Waals surface area contributed by atoms with Crippen molar-refractivity contribution in [2.24, 2.45) is 0 Å². The quantitative estimate of drug-likeness (QED) is 0.732. The summed E-state index contributed by atoms with van der Waals surface area (Å²) in [5.41, 5.74) is 1.12. The monoisotopic (exact) mass is 289 g/mol. The first-order chi connectivity index (χ1) is 10.2. The summed E-state index contributed by atoms with van der Waals surface area (Å²) >= 11 is 0. The van der Waals surface area contributed by atoms with E-state index in [-0.39, 0.29) is 6.10 Å². The van der Waals surface area contributed by atoms with Crippen LogP contribution < -0.4 is 10.1 Å². The van der Waals surface area contributed by atoms with Crippen LogP contribution in [0, 0.1) is 0 Å². The molecule has 2 aromatic rings. The van der Waals surface area contributed by atoms with Crippen LogP contribution in [-0.4, -0.2) is 38.1 Å². The number of aliphatic hydroxyl groups excluding tert-OH is 1. The van der Waals surface area contributed by atoms with E-state index < -0.39 is 0 Å². The zero-order valence-electron chi connectivity index (χ0n) is 12.6. The maximum absolute atomic E-state index is 9.38. The van der Waals surface area contributed by atoms with Gasteiger partial charge in [-0.2, -0.15) is 0 Å². The van der Waals surface area contributed by atoms with Crippen molar-refractivity contribution in [2.75, 3.05) is 26.9 Å². The number of ether oxygens (including phenoxy) is 2. The van der Waals surface area contributed by atoms with Gasteiger partial charge in [-0.05, 0) is 23.8 Å². The first kappa shape index (κ1) is 15.8. The Labute approximate surface area is 125 Å². The highest BCUT2D eigenvalue weighted by molar-refractivity contribution is 5.87. The van der Waals surface area contributed by atoms with Gasteiger partial charge in [0.2, 0.25) is 0 Å². The largest absolute Gasteiger partial charge is 0.491 e. The van der Waals surface area contributed by atoms with Crippen LogP contribution in [0.25, 0.3) is 10.8 Å². The van der Waals surface area contributed by atoms with Gasteiger partial charge in [0.15, 0.2) is 0 Å².